The van der Waals surface area contributed by atoms with E-state index in [-0.39, 0.29) is 0 Å². The Morgan fingerprint density at radius 1 is 1.37 bits per heavy atom. The lowest BCUT2D eigenvalue weighted by Crippen LogP contribution is -2.26. The van der Waals surface area contributed by atoms with E-state index in [1.165, 1.54) is 0 Å². The Hall–Kier alpha value is -1.59. The Kier molecular flexibility index (Phi) is 6.92. The van der Waals surface area contributed by atoms with Crippen molar-refractivity contribution in [1.29, 1.82) is 0 Å². The molecule has 5 nitrogen and oxygen atoms in total. The third kappa shape index (κ3) is 5.72. The molecule has 0 fully saturated rings. The van der Waals surface area contributed by atoms with E-state index >= 15 is 0 Å². The number of ether oxygens (including phenoxy) is 2. The van der Waals surface area contributed by atoms with Gasteiger partial charge < -0.3 is 19.9 Å². The van der Waals surface area contributed by atoms with Crippen LogP contribution in [0.2, 0.25) is 0 Å². The second-order valence-electron chi connectivity index (χ2n) is 4.08. The highest BCUT2D eigenvalue weighted by atomic mass is 16.5. The van der Waals surface area contributed by atoms with Gasteiger partial charge in [0, 0.05) is 19.6 Å². The zero-order valence-electron chi connectivity index (χ0n) is 11.4. The van der Waals surface area contributed by atoms with Gasteiger partial charge in [-0.05, 0) is 31.7 Å². The van der Waals surface area contributed by atoms with Crippen LogP contribution in [0, 0.1) is 0 Å². The molecule has 106 valence electrons. The van der Waals surface area contributed by atoms with Gasteiger partial charge >= 0.3 is 5.97 Å². The standard InChI is InChI=1S/C14H21NO4/c1-3-18-13(14(16)17)10-11-4-6-12(7-5-11)19-9-8-15-2/h4-7,13,15H,3,8-10H2,1-2H3,(H,16,17). The summed E-state index contributed by atoms with van der Waals surface area (Å²) in [4.78, 5) is 11.0. The fourth-order valence-electron chi connectivity index (χ4n) is 1.63. The van der Waals surface area contributed by atoms with E-state index in [0.29, 0.717) is 19.6 Å². The predicted molar refractivity (Wildman–Crippen MR) is 72.6 cm³/mol. The summed E-state index contributed by atoms with van der Waals surface area (Å²) >= 11 is 0. The SMILES string of the molecule is CCOC(Cc1ccc(OCCNC)cc1)C(=O)O. The number of likely N-dealkylation sites (N-methyl/N-ethyl adjacent to an activating group) is 1. The van der Waals surface area contributed by atoms with E-state index < -0.39 is 12.1 Å². The largest absolute Gasteiger partial charge is 0.492 e. The van der Waals surface area contributed by atoms with Crippen LogP contribution in [-0.2, 0) is 16.0 Å². The van der Waals surface area contributed by atoms with E-state index in [9.17, 15) is 4.79 Å². The summed E-state index contributed by atoms with van der Waals surface area (Å²) in [7, 11) is 1.87. The van der Waals surface area contributed by atoms with E-state index in [1.54, 1.807) is 6.92 Å². The van der Waals surface area contributed by atoms with Crippen LogP contribution in [0.1, 0.15) is 12.5 Å². The molecule has 0 aromatic heterocycles. The van der Waals surface area contributed by atoms with Crippen molar-refractivity contribution < 1.29 is 19.4 Å². The van der Waals surface area contributed by atoms with Gasteiger partial charge in [-0.15, -0.1) is 0 Å². The van der Waals surface area contributed by atoms with Crippen molar-refractivity contribution in [2.24, 2.45) is 0 Å². The maximum atomic E-state index is 11.0. The summed E-state index contributed by atoms with van der Waals surface area (Å²) in [5, 5.41) is 12.0. The minimum Gasteiger partial charge on any atom is -0.492 e. The van der Waals surface area contributed by atoms with Gasteiger partial charge in [0.2, 0.25) is 0 Å². The quantitative estimate of drug-likeness (QED) is 0.660. The average molecular weight is 267 g/mol. The van der Waals surface area contributed by atoms with E-state index in [0.717, 1.165) is 17.9 Å². The molecule has 1 aromatic rings. The van der Waals surface area contributed by atoms with Gasteiger partial charge in [-0.2, -0.15) is 0 Å². The molecule has 0 aliphatic heterocycles. The summed E-state index contributed by atoms with van der Waals surface area (Å²) in [6.45, 7) is 3.57. The normalized spacial score (nSPS) is 12.1. The number of nitrogens with one attached hydrogen (secondary N) is 1. The highest BCUT2D eigenvalue weighted by Gasteiger charge is 2.17. The van der Waals surface area contributed by atoms with Crippen LogP contribution in [0.5, 0.6) is 5.75 Å². The van der Waals surface area contributed by atoms with Crippen molar-refractivity contribution in [1.82, 2.24) is 5.32 Å². The second kappa shape index (κ2) is 8.50. The lowest BCUT2D eigenvalue weighted by molar-refractivity contribution is -0.149. The average Bonchev–Trinajstić information content (AvgIpc) is 2.40. The fourth-order valence-corrected chi connectivity index (χ4v) is 1.63. The Bertz CT molecular complexity index is 378. The zero-order valence-corrected chi connectivity index (χ0v) is 11.4. The molecule has 1 aromatic carbocycles. The Morgan fingerprint density at radius 3 is 2.58 bits per heavy atom. The summed E-state index contributed by atoms with van der Waals surface area (Å²) < 4.78 is 10.7. The molecule has 0 bridgehead atoms. The fraction of sp³-hybridized carbons (Fsp3) is 0.500. The van der Waals surface area contributed by atoms with Crippen molar-refractivity contribution in [3.63, 3.8) is 0 Å². The zero-order chi connectivity index (χ0) is 14.1. The number of carbonyl (C=O) groups is 1. The number of hydrogen-bond acceptors (Lipinski definition) is 4. The summed E-state index contributed by atoms with van der Waals surface area (Å²) in [6, 6.07) is 7.42. The summed E-state index contributed by atoms with van der Waals surface area (Å²) in [6.07, 6.45) is -0.430. The third-order valence-corrected chi connectivity index (χ3v) is 2.61. The molecule has 0 saturated heterocycles. The number of carboxylic acid groups (broad SMARTS) is 1. The van der Waals surface area contributed by atoms with Crippen molar-refractivity contribution in [3.8, 4) is 5.75 Å². The van der Waals surface area contributed by atoms with Gasteiger partial charge in [-0.1, -0.05) is 12.1 Å². The van der Waals surface area contributed by atoms with Gasteiger partial charge in [0.25, 0.3) is 0 Å². The van der Waals surface area contributed by atoms with Crippen LogP contribution in [0.4, 0.5) is 0 Å². The molecule has 0 spiro atoms. The topological polar surface area (TPSA) is 67.8 Å². The second-order valence-corrected chi connectivity index (χ2v) is 4.08. The molecule has 0 saturated carbocycles. The molecule has 0 aliphatic rings. The predicted octanol–water partition coefficient (Wildman–Crippen LogP) is 1.32. The first-order valence-electron chi connectivity index (χ1n) is 6.38. The molecule has 2 N–H and O–H groups in total. The lowest BCUT2D eigenvalue weighted by atomic mass is 10.1. The van der Waals surface area contributed by atoms with E-state index in [1.807, 2.05) is 31.3 Å². The van der Waals surface area contributed by atoms with Gasteiger partial charge in [0.15, 0.2) is 6.10 Å². The number of rotatable bonds is 9. The molecular weight excluding hydrogens is 246 g/mol. The van der Waals surface area contributed by atoms with Crippen LogP contribution in [0.25, 0.3) is 0 Å². The van der Waals surface area contributed by atoms with E-state index in [4.69, 9.17) is 14.6 Å². The molecule has 0 amide bonds. The molecule has 1 rings (SSSR count). The maximum Gasteiger partial charge on any atom is 0.333 e. The lowest BCUT2D eigenvalue weighted by Gasteiger charge is -2.12. The van der Waals surface area contributed by atoms with Crippen molar-refractivity contribution in [2.75, 3.05) is 26.8 Å². The van der Waals surface area contributed by atoms with Crippen LogP contribution in [0.3, 0.4) is 0 Å². The molecule has 0 radical (unpaired) electrons. The summed E-state index contributed by atoms with van der Waals surface area (Å²) in [5.41, 5.74) is 0.918. The number of aliphatic carboxylic acids is 1. The van der Waals surface area contributed by atoms with Crippen LogP contribution < -0.4 is 10.1 Å². The number of hydrogen-bond donors (Lipinski definition) is 2. The Morgan fingerprint density at radius 2 is 2.05 bits per heavy atom. The molecule has 0 heterocycles. The summed E-state index contributed by atoms with van der Waals surface area (Å²) in [5.74, 6) is -0.154. The van der Waals surface area contributed by atoms with Gasteiger partial charge in [-0.3, -0.25) is 0 Å². The van der Waals surface area contributed by atoms with Gasteiger partial charge in [-0.25, -0.2) is 4.79 Å². The highest BCUT2D eigenvalue weighted by Crippen LogP contribution is 2.14. The van der Waals surface area contributed by atoms with Crippen LogP contribution >= 0.6 is 0 Å². The highest BCUT2D eigenvalue weighted by molar-refractivity contribution is 5.72. The maximum absolute atomic E-state index is 11.0. The van der Waals surface area contributed by atoms with Crippen molar-refractivity contribution in [3.05, 3.63) is 29.8 Å². The van der Waals surface area contributed by atoms with Gasteiger partial charge in [0.05, 0.1) is 0 Å². The molecule has 1 atom stereocenters. The molecule has 5 heteroatoms. The molecule has 19 heavy (non-hydrogen) atoms. The molecule has 0 aliphatic carbocycles. The van der Waals surface area contributed by atoms with Crippen LogP contribution in [0.15, 0.2) is 24.3 Å². The number of carboxylic acids is 1. The molecule has 1 unspecified atom stereocenters. The smallest absolute Gasteiger partial charge is 0.333 e. The number of benzene rings is 1. The first-order valence-corrected chi connectivity index (χ1v) is 6.38. The van der Waals surface area contributed by atoms with Crippen molar-refractivity contribution in [2.45, 2.75) is 19.4 Å². The van der Waals surface area contributed by atoms with Gasteiger partial charge in [0.1, 0.15) is 12.4 Å². The van der Waals surface area contributed by atoms with Crippen LogP contribution in [-0.4, -0.2) is 44.0 Å². The molecular formula is C14H21NO4. The first kappa shape index (κ1) is 15.5. The Labute approximate surface area is 113 Å². The third-order valence-electron chi connectivity index (χ3n) is 2.61. The first-order chi connectivity index (χ1) is 9.17. The monoisotopic (exact) mass is 267 g/mol. The minimum atomic E-state index is -0.934. The van der Waals surface area contributed by atoms with Crippen molar-refractivity contribution >= 4 is 5.97 Å². The Balaban J connectivity index is 2.52. The minimum absolute atomic E-state index is 0.361. The van der Waals surface area contributed by atoms with E-state index in [2.05, 4.69) is 5.32 Å².